The van der Waals surface area contributed by atoms with Gasteiger partial charge in [-0.15, -0.1) is 0 Å². The van der Waals surface area contributed by atoms with Crippen LogP contribution in [0.4, 0.5) is 0 Å². The molecule has 0 aliphatic carbocycles. The molecule has 0 aromatic carbocycles. The minimum atomic E-state index is 0.502. The smallest absolute Gasteiger partial charge is 0.110 e. The molecule has 1 aliphatic rings. The summed E-state index contributed by atoms with van der Waals surface area (Å²) in [6.45, 7) is 16.8. The van der Waals surface area contributed by atoms with Gasteiger partial charge in [-0.1, -0.05) is 143 Å². The van der Waals surface area contributed by atoms with Gasteiger partial charge in [-0.05, 0) is 32.4 Å². The van der Waals surface area contributed by atoms with Crippen LogP contribution >= 0.6 is 11.7 Å². The lowest BCUT2D eigenvalue weighted by atomic mass is 9.93. The monoisotopic (exact) mass is 604 g/mol. The average molecular weight is 604 g/mol. The summed E-state index contributed by atoms with van der Waals surface area (Å²) in [6.07, 6.45) is 31.7. The molecule has 0 saturated heterocycles. The molecule has 2 rings (SSSR count). The first kappa shape index (κ1) is 39.0. The fraction of sp³-hybridized carbons (Fsp3) is 0.838. The topological polar surface area (TPSA) is 51.8 Å². The predicted octanol–water partition coefficient (Wildman–Crippen LogP) is 11.6. The number of quaternary nitrogens is 1. The molecule has 244 valence electrons. The van der Waals surface area contributed by atoms with Crippen LogP contribution in [0.3, 0.4) is 0 Å². The van der Waals surface area contributed by atoms with Crippen LogP contribution in [0.15, 0.2) is 18.4 Å². The van der Waals surface area contributed by atoms with Crippen molar-refractivity contribution in [1.82, 2.24) is 8.75 Å². The maximum absolute atomic E-state index is 5.34. The van der Waals surface area contributed by atoms with Crippen molar-refractivity contribution in [3.63, 3.8) is 0 Å². The zero-order chi connectivity index (χ0) is 30.9. The van der Waals surface area contributed by atoms with Crippen molar-refractivity contribution >= 4 is 17.3 Å². The van der Waals surface area contributed by atoms with Crippen LogP contribution < -0.4 is 5.73 Å². The number of allylic oxidation sites excluding steroid dienone is 1. The summed E-state index contributed by atoms with van der Waals surface area (Å²) in [7, 11) is 2.39. The fourth-order valence-electron chi connectivity index (χ4n) is 6.07. The standard InChI is InChI=1S/C29H52N3S.C8H19N/c1-6-8-10-12-13-14-15-16-18-21-26(4)32(5)23-19-22-27(24-32)29-28(30-33-31-29)25(3)20-17-11-9-7-2;1-2-3-4-5-6-7-8-9/h22,25H,4,6-21,23-24H2,1-3,5H3;2-9H2,1H3/q+1;. The Labute approximate surface area is 266 Å². The molecule has 2 N–H and O–H groups in total. The van der Waals surface area contributed by atoms with Crippen LogP contribution in [0, 0.1) is 0 Å². The predicted molar refractivity (Wildman–Crippen MR) is 189 cm³/mol. The summed E-state index contributed by atoms with van der Waals surface area (Å²) in [5.41, 5.74) is 10.6. The fourth-order valence-corrected chi connectivity index (χ4v) is 6.76. The molecule has 0 bridgehead atoms. The van der Waals surface area contributed by atoms with Gasteiger partial charge in [-0.3, -0.25) is 4.48 Å². The highest BCUT2D eigenvalue weighted by molar-refractivity contribution is 6.99. The normalized spacial score (nSPS) is 17.4. The van der Waals surface area contributed by atoms with Crippen LogP contribution in [0.1, 0.15) is 186 Å². The third-order valence-electron chi connectivity index (χ3n) is 9.20. The van der Waals surface area contributed by atoms with E-state index in [1.807, 2.05) is 0 Å². The van der Waals surface area contributed by atoms with Crippen molar-refractivity contribution in [3.05, 3.63) is 29.7 Å². The van der Waals surface area contributed by atoms with Crippen molar-refractivity contribution in [2.24, 2.45) is 5.73 Å². The Balaban J connectivity index is 0.000000844. The molecule has 0 radical (unpaired) electrons. The van der Waals surface area contributed by atoms with Crippen LogP contribution in [0.5, 0.6) is 0 Å². The van der Waals surface area contributed by atoms with E-state index in [4.69, 9.17) is 14.5 Å². The number of nitrogens with zero attached hydrogens (tertiary/aromatic N) is 3. The highest BCUT2D eigenvalue weighted by Crippen LogP contribution is 2.34. The lowest BCUT2D eigenvalue weighted by Gasteiger charge is -2.38. The summed E-state index contributed by atoms with van der Waals surface area (Å²) >= 11 is 1.40. The van der Waals surface area contributed by atoms with E-state index in [1.54, 1.807) is 0 Å². The lowest BCUT2D eigenvalue weighted by Crippen LogP contribution is -2.46. The zero-order valence-electron chi connectivity index (χ0n) is 28.9. The molecule has 0 saturated carbocycles. The Bertz CT molecular complexity index is 810. The molecule has 2 unspecified atom stereocenters. The molecule has 42 heavy (non-hydrogen) atoms. The van der Waals surface area contributed by atoms with Gasteiger partial charge in [0.1, 0.15) is 17.9 Å². The van der Waals surface area contributed by atoms with Crippen molar-refractivity contribution in [1.29, 1.82) is 0 Å². The highest BCUT2D eigenvalue weighted by atomic mass is 32.1. The minimum Gasteiger partial charge on any atom is -0.330 e. The van der Waals surface area contributed by atoms with E-state index in [0.29, 0.717) is 5.92 Å². The molecule has 5 heteroatoms. The van der Waals surface area contributed by atoms with Gasteiger partial charge in [-0.25, -0.2) is 0 Å². The zero-order valence-corrected chi connectivity index (χ0v) is 29.7. The largest absolute Gasteiger partial charge is 0.330 e. The first-order valence-electron chi connectivity index (χ1n) is 18.2. The van der Waals surface area contributed by atoms with E-state index in [0.717, 1.165) is 30.4 Å². The Hall–Kier alpha value is -1.04. The first-order chi connectivity index (χ1) is 20.4. The maximum atomic E-state index is 5.34. The number of rotatable bonds is 24. The van der Waals surface area contributed by atoms with Crippen molar-refractivity contribution in [2.45, 2.75) is 175 Å². The molecule has 0 amide bonds. The SMILES string of the molecule is C=C(CCCCCCCCCCC)[N+]1(C)CCC=C(c2nsnc2C(C)CCCCCC)C1.CCCCCCCCN. The van der Waals surface area contributed by atoms with Gasteiger partial charge >= 0.3 is 0 Å². The second-order valence-electron chi connectivity index (χ2n) is 13.2. The Morgan fingerprint density at radius 3 is 1.90 bits per heavy atom. The maximum Gasteiger partial charge on any atom is 0.110 e. The van der Waals surface area contributed by atoms with Gasteiger partial charge in [0.2, 0.25) is 0 Å². The van der Waals surface area contributed by atoms with Gasteiger partial charge in [0.25, 0.3) is 0 Å². The molecule has 4 nitrogen and oxygen atoms in total. The van der Waals surface area contributed by atoms with Crippen molar-refractivity contribution < 1.29 is 4.48 Å². The molecular weight excluding hydrogens is 533 g/mol. The van der Waals surface area contributed by atoms with Gasteiger partial charge in [-0.2, -0.15) is 8.75 Å². The average Bonchev–Trinajstić information content (AvgIpc) is 3.49. The van der Waals surface area contributed by atoms with E-state index in [-0.39, 0.29) is 0 Å². The number of likely N-dealkylation sites (N-methyl/N-ethyl adjacent to an activating group) is 1. The summed E-state index contributed by atoms with van der Waals surface area (Å²) in [5.74, 6) is 0.502. The second-order valence-corrected chi connectivity index (χ2v) is 13.8. The quantitative estimate of drug-likeness (QED) is 0.0944. The van der Waals surface area contributed by atoms with E-state index in [2.05, 4.69) is 47.4 Å². The number of aromatic nitrogens is 2. The molecule has 1 aliphatic heterocycles. The Kier molecular flexibility index (Phi) is 23.5. The third kappa shape index (κ3) is 16.7. The number of unbranched alkanes of at least 4 members (excludes halogenated alkanes) is 16. The van der Waals surface area contributed by atoms with E-state index < -0.39 is 0 Å². The van der Waals surface area contributed by atoms with Crippen LogP contribution in [0.25, 0.3) is 5.57 Å². The van der Waals surface area contributed by atoms with Gasteiger partial charge in [0, 0.05) is 24.3 Å². The highest BCUT2D eigenvalue weighted by Gasteiger charge is 2.32. The second kappa shape index (κ2) is 25.3. The first-order valence-corrected chi connectivity index (χ1v) is 18.9. The molecule has 0 spiro atoms. The minimum absolute atomic E-state index is 0.502. The molecule has 2 atom stereocenters. The van der Waals surface area contributed by atoms with Crippen molar-refractivity contribution in [3.8, 4) is 0 Å². The van der Waals surface area contributed by atoms with E-state index in [9.17, 15) is 0 Å². The molecule has 0 fully saturated rings. The van der Waals surface area contributed by atoms with Crippen LogP contribution in [-0.4, -0.2) is 39.9 Å². The lowest BCUT2D eigenvalue weighted by molar-refractivity contribution is -0.867. The Morgan fingerprint density at radius 1 is 0.810 bits per heavy atom. The molecular formula is C37H71N4S+. The molecule has 2 heterocycles. The number of hydrogen-bond acceptors (Lipinski definition) is 4. The van der Waals surface area contributed by atoms with E-state index in [1.165, 1.54) is 169 Å². The number of nitrogens with two attached hydrogens (primary N) is 1. The summed E-state index contributed by atoms with van der Waals surface area (Å²) < 4.78 is 10.5. The summed E-state index contributed by atoms with van der Waals surface area (Å²) in [4.78, 5) is 0. The third-order valence-corrected chi connectivity index (χ3v) is 9.74. The summed E-state index contributed by atoms with van der Waals surface area (Å²) in [5, 5.41) is 0. The molecule has 1 aromatic heterocycles. The Morgan fingerprint density at radius 2 is 1.33 bits per heavy atom. The van der Waals surface area contributed by atoms with Crippen molar-refractivity contribution in [2.75, 3.05) is 26.7 Å². The number of hydrogen-bond donors (Lipinski definition) is 1. The van der Waals surface area contributed by atoms with Gasteiger partial charge < -0.3 is 5.73 Å². The van der Waals surface area contributed by atoms with Gasteiger partial charge in [0.15, 0.2) is 0 Å². The van der Waals surface area contributed by atoms with Crippen LogP contribution in [-0.2, 0) is 0 Å². The van der Waals surface area contributed by atoms with Gasteiger partial charge in [0.05, 0.1) is 31.0 Å². The molecule has 1 aromatic rings. The van der Waals surface area contributed by atoms with Crippen LogP contribution in [0.2, 0.25) is 0 Å². The van der Waals surface area contributed by atoms with E-state index >= 15 is 0 Å². The summed E-state index contributed by atoms with van der Waals surface area (Å²) in [6, 6.07) is 0.